The van der Waals surface area contributed by atoms with Gasteiger partial charge in [-0.15, -0.1) is 4.40 Å². The van der Waals surface area contributed by atoms with E-state index in [9.17, 15) is 32.7 Å². The fourth-order valence-corrected chi connectivity index (χ4v) is 9.51. The number of carbonyl (C=O) groups excluding carboxylic acids is 4. The molecule has 0 radical (unpaired) electrons. The number of ether oxygens (including phenoxy) is 1. The van der Waals surface area contributed by atoms with Crippen molar-refractivity contribution in [3.8, 4) is 5.88 Å². The summed E-state index contributed by atoms with van der Waals surface area (Å²) in [6.45, 7) is 7.32. The van der Waals surface area contributed by atoms with Crippen molar-refractivity contribution in [1.29, 1.82) is 0 Å². The van der Waals surface area contributed by atoms with Gasteiger partial charge in [0.15, 0.2) is 6.10 Å². The fraction of sp³-hybridized carbons (Fsp3) is 0.650. The van der Waals surface area contributed by atoms with Gasteiger partial charge in [0, 0.05) is 30.3 Å². The van der Waals surface area contributed by atoms with Gasteiger partial charge in [0.25, 0.3) is 15.9 Å². The smallest absolute Gasteiger partial charge is 0.281 e. The lowest BCUT2D eigenvalue weighted by Gasteiger charge is -2.38. The van der Waals surface area contributed by atoms with Crippen LogP contribution in [0.4, 0.5) is 0 Å². The molecule has 1 unspecified atom stereocenters. The number of hydrogen-bond donors (Lipinski definition) is 5. The summed E-state index contributed by atoms with van der Waals surface area (Å²) in [5, 5.41) is 23.3. The van der Waals surface area contributed by atoms with Crippen molar-refractivity contribution >= 4 is 51.1 Å². The molecule has 3 heterocycles. The van der Waals surface area contributed by atoms with Crippen molar-refractivity contribution in [3.05, 3.63) is 46.0 Å². The first-order valence-electron chi connectivity index (χ1n) is 20.2. The van der Waals surface area contributed by atoms with Gasteiger partial charge in [-0.1, -0.05) is 77.1 Å². The number of carbonyl (C=O) groups is 4. The van der Waals surface area contributed by atoms with Gasteiger partial charge in [-0.05, 0) is 62.3 Å². The highest BCUT2D eigenvalue weighted by Crippen LogP contribution is 2.34. The fourth-order valence-electron chi connectivity index (χ4n) is 8.08. The first kappa shape index (κ1) is 42.6. The highest BCUT2D eigenvalue weighted by atomic mass is 35.5. The number of aromatic nitrogens is 1. The maximum Gasteiger partial charge on any atom is 0.281 e. The van der Waals surface area contributed by atoms with Crippen molar-refractivity contribution in [2.75, 3.05) is 6.54 Å². The van der Waals surface area contributed by atoms with E-state index >= 15 is 0 Å². The lowest BCUT2D eigenvalue weighted by atomic mass is 9.82. The Balaban J connectivity index is 1.26. The topological polar surface area (TPSA) is 208 Å². The minimum absolute atomic E-state index is 0.0164. The third kappa shape index (κ3) is 10.4. The zero-order chi connectivity index (χ0) is 41.1. The number of aliphatic hydroxyl groups is 1. The summed E-state index contributed by atoms with van der Waals surface area (Å²) in [5.41, 5.74) is -0.388. The van der Waals surface area contributed by atoms with E-state index in [2.05, 4.69) is 30.6 Å². The molecule has 5 aliphatic rings. The summed E-state index contributed by atoms with van der Waals surface area (Å²) in [4.78, 5) is 62.3. The largest absolute Gasteiger partial charge is 0.472 e. The van der Waals surface area contributed by atoms with E-state index in [-0.39, 0.29) is 41.5 Å². The van der Waals surface area contributed by atoms with Gasteiger partial charge in [0.2, 0.25) is 23.6 Å². The highest BCUT2D eigenvalue weighted by molar-refractivity contribution is 7.94. The molecule has 4 amide bonds. The Morgan fingerprint density at radius 2 is 1.79 bits per heavy atom. The molecule has 2 aliphatic heterocycles. The molecule has 2 saturated carbocycles. The Labute approximate surface area is 339 Å². The number of hydrogen-bond acceptors (Lipinski definition) is 10. The third-order valence-electron chi connectivity index (χ3n) is 11.3. The van der Waals surface area contributed by atoms with Crippen molar-refractivity contribution in [1.82, 2.24) is 31.2 Å². The maximum atomic E-state index is 14.9. The Bertz CT molecular complexity index is 1890. The van der Waals surface area contributed by atoms with Gasteiger partial charge < -0.3 is 36.0 Å². The zero-order valence-corrected chi connectivity index (χ0v) is 34.7. The number of likely N-dealkylation sites (tertiary alicyclic amines) is 1. The summed E-state index contributed by atoms with van der Waals surface area (Å²) < 4.78 is 36.2. The average Bonchev–Trinajstić information content (AvgIpc) is 3.83. The third-order valence-corrected chi connectivity index (χ3v) is 13.0. The van der Waals surface area contributed by atoms with Crippen LogP contribution in [0.1, 0.15) is 105 Å². The number of amides is 4. The van der Waals surface area contributed by atoms with E-state index in [4.69, 9.17) is 16.3 Å². The van der Waals surface area contributed by atoms with Crippen molar-refractivity contribution in [2.45, 2.75) is 147 Å². The van der Waals surface area contributed by atoms with Gasteiger partial charge in [0.1, 0.15) is 30.1 Å². The second-order valence-corrected chi connectivity index (χ2v) is 19.0. The molecule has 3 aliphatic carbocycles. The lowest BCUT2D eigenvalue weighted by Crippen LogP contribution is -2.62. The predicted octanol–water partition coefficient (Wildman–Crippen LogP) is 3.42. The summed E-state index contributed by atoms with van der Waals surface area (Å²) >= 11 is 6.04. The van der Waals surface area contributed by atoms with Gasteiger partial charge in [-0.25, -0.2) is 4.98 Å². The molecular weight excluding hydrogens is 774 g/mol. The number of rotatable bonds is 14. The van der Waals surface area contributed by atoms with E-state index in [0.29, 0.717) is 36.3 Å². The number of aliphatic hydroxyl groups excluding tert-OH is 1. The van der Waals surface area contributed by atoms with E-state index in [0.717, 1.165) is 44.9 Å². The number of sulfonamides is 1. The second kappa shape index (κ2) is 17.9. The molecule has 1 saturated heterocycles. The van der Waals surface area contributed by atoms with Crippen LogP contribution in [0.2, 0.25) is 5.02 Å². The number of nitrogens with zero attached hydrogens (tertiary/aromatic N) is 3. The van der Waals surface area contributed by atoms with Crippen LogP contribution < -0.4 is 26.0 Å². The summed E-state index contributed by atoms with van der Waals surface area (Å²) in [5.74, 6) is -1.89. The lowest BCUT2D eigenvalue weighted by molar-refractivity contribution is -0.145. The molecule has 0 spiro atoms. The second-order valence-electron chi connectivity index (χ2n) is 16.9. The first-order chi connectivity index (χ1) is 27.0. The van der Waals surface area contributed by atoms with Gasteiger partial charge in [0.05, 0.1) is 22.5 Å². The van der Waals surface area contributed by atoms with Crippen LogP contribution in [0.5, 0.6) is 5.88 Å². The Kier molecular flexibility index (Phi) is 13.3. The molecule has 15 nitrogen and oxygen atoms in total. The van der Waals surface area contributed by atoms with Gasteiger partial charge >= 0.3 is 0 Å². The Morgan fingerprint density at radius 3 is 2.44 bits per heavy atom. The average molecular weight is 830 g/mol. The number of halogens is 1. The van der Waals surface area contributed by atoms with E-state index in [1.165, 1.54) is 11.1 Å². The summed E-state index contributed by atoms with van der Waals surface area (Å²) in [7, 11) is -3.88. The minimum atomic E-state index is -3.88. The molecule has 5 N–H and O–H groups in total. The molecule has 3 fully saturated rings. The normalized spacial score (nSPS) is 24.1. The number of nitrogens with one attached hydrogen (secondary N) is 4. The molecule has 57 heavy (non-hydrogen) atoms. The monoisotopic (exact) mass is 829 g/mol. The quantitative estimate of drug-likeness (QED) is 0.185. The molecule has 1 aromatic heterocycles. The highest BCUT2D eigenvalue weighted by Gasteiger charge is 2.48. The van der Waals surface area contributed by atoms with Gasteiger partial charge in [-0.2, -0.15) is 8.42 Å². The molecule has 0 bridgehead atoms. The van der Waals surface area contributed by atoms with E-state index in [1.54, 1.807) is 18.2 Å². The molecule has 6 atom stereocenters. The Morgan fingerprint density at radius 1 is 1.05 bits per heavy atom. The van der Waals surface area contributed by atoms with Gasteiger partial charge in [-0.3, -0.25) is 19.2 Å². The van der Waals surface area contributed by atoms with Crippen LogP contribution in [0, 0.1) is 11.3 Å². The van der Waals surface area contributed by atoms with E-state index < -0.39 is 75.4 Å². The van der Waals surface area contributed by atoms with Crippen molar-refractivity contribution in [2.24, 2.45) is 15.7 Å². The maximum absolute atomic E-state index is 14.9. The van der Waals surface area contributed by atoms with Crippen molar-refractivity contribution < 1.29 is 37.4 Å². The standard InChI is InChI=1S/C40H56ClN7O8S/c1-5-11-28(33(49)38(52)43-25-17-18-25)44-36(50)29-20-26(56-31-19-16-24(41)21-42-31)22-48(29)39(53)34(40(2,3)4)46-37(51)32(23-12-7-6-8-13-23)45-35-27-14-9-10-15-30(27)57(54,55)47-35/h9,14,16,19,21,23,25-26,28-29,32-34,49H,5-8,10-13,15,17-18,20,22H2,1-4H3,(H,43,52)(H,44,50)(H,45,47)(H,46,51)/t26-,28+,29+,32+,33?,34-/m1/s1. The number of amidine groups is 1. The molecule has 17 heteroatoms. The first-order valence-corrected chi connectivity index (χ1v) is 22.1. The predicted molar refractivity (Wildman–Crippen MR) is 214 cm³/mol. The molecule has 6 rings (SSSR count). The van der Waals surface area contributed by atoms with Crippen LogP contribution in [-0.4, -0.2) is 102 Å². The van der Waals surface area contributed by atoms with Crippen LogP contribution in [0.3, 0.4) is 0 Å². The molecule has 312 valence electrons. The Hall–Kier alpha value is -4.02. The SMILES string of the molecule is CCC[C@H](NC(=O)[C@@H]1C[C@@H](Oc2ccc(Cl)cn2)CN1C(=O)[C@@H](NC(=O)[C@@H](NC1=NS(=O)(=O)C2=C1C=CCC2)C1CCCCC1)C(C)(C)C)C(O)C(=O)NC1CC1. The van der Waals surface area contributed by atoms with Crippen LogP contribution in [0.25, 0.3) is 0 Å². The number of allylic oxidation sites excluding steroid dienone is 2. The molecular formula is C40H56ClN7O8S. The summed E-state index contributed by atoms with van der Waals surface area (Å²) in [6.07, 6.45) is 10.7. The minimum Gasteiger partial charge on any atom is -0.472 e. The van der Waals surface area contributed by atoms with Crippen molar-refractivity contribution in [3.63, 3.8) is 0 Å². The molecule has 0 aromatic carbocycles. The molecule has 1 aromatic rings. The van der Waals surface area contributed by atoms with Crippen LogP contribution >= 0.6 is 11.6 Å². The van der Waals surface area contributed by atoms with E-state index in [1.807, 2.05) is 33.8 Å². The number of pyridine rings is 1. The zero-order valence-electron chi connectivity index (χ0n) is 33.1. The van der Waals surface area contributed by atoms with Crippen LogP contribution in [0.15, 0.2) is 45.4 Å². The van der Waals surface area contributed by atoms with Crippen LogP contribution in [-0.2, 0) is 29.2 Å². The summed E-state index contributed by atoms with van der Waals surface area (Å²) in [6, 6.07) is -0.778.